The summed E-state index contributed by atoms with van der Waals surface area (Å²) in [7, 11) is -2.26. The molecule has 0 aliphatic heterocycles. The first-order valence-corrected chi connectivity index (χ1v) is 11.6. The summed E-state index contributed by atoms with van der Waals surface area (Å²) in [5.41, 5.74) is 0.825. The maximum Gasteiger partial charge on any atom is 0.264 e. The van der Waals surface area contributed by atoms with Crippen molar-refractivity contribution in [3.05, 3.63) is 84.4 Å². The lowest BCUT2D eigenvalue weighted by atomic mass is 10.2. The number of benzene rings is 3. The number of hydrogen-bond donors (Lipinski definition) is 1. The minimum Gasteiger partial charge on any atom is -0.493 e. The van der Waals surface area contributed by atoms with Crippen LogP contribution in [0.15, 0.2) is 83.8 Å². The highest BCUT2D eigenvalue weighted by molar-refractivity contribution is 7.92. The van der Waals surface area contributed by atoms with E-state index >= 15 is 0 Å². The van der Waals surface area contributed by atoms with E-state index in [1.807, 2.05) is 18.2 Å². The number of amides is 1. The van der Waals surface area contributed by atoms with Crippen LogP contribution in [-0.4, -0.2) is 41.1 Å². The molecule has 0 bridgehead atoms. The number of rotatable bonds is 10. The third-order valence-electron chi connectivity index (χ3n) is 4.73. The van der Waals surface area contributed by atoms with Gasteiger partial charge in [-0.2, -0.15) is 0 Å². The van der Waals surface area contributed by atoms with Crippen LogP contribution in [0.3, 0.4) is 0 Å². The van der Waals surface area contributed by atoms with Gasteiger partial charge in [0.05, 0.1) is 24.2 Å². The molecule has 0 unspecified atom stereocenters. The molecular formula is C24H26N2O5S. The molecule has 32 heavy (non-hydrogen) atoms. The molecule has 1 amide bonds. The molecule has 0 spiro atoms. The molecule has 0 aromatic heterocycles. The van der Waals surface area contributed by atoms with Crippen molar-refractivity contribution in [2.75, 3.05) is 31.1 Å². The summed E-state index contributed by atoms with van der Waals surface area (Å²) in [6.07, 6.45) is 0. The van der Waals surface area contributed by atoms with E-state index in [9.17, 15) is 13.2 Å². The van der Waals surface area contributed by atoms with Crippen LogP contribution in [0, 0.1) is 0 Å². The fourth-order valence-electron chi connectivity index (χ4n) is 3.18. The lowest BCUT2D eigenvalue weighted by molar-refractivity contribution is 0.0946. The number of hydrogen-bond acceptors (Lipinski definition) is 5. The topological polar surface area (TPSA) is 84.9 Å². The summed E-state index contributed by atoms with van der Waals surface area (Å²) in [5, 5.41) is 2.75. The SMILES string of the molecule is CCN(c1ccccc1)S(=O)(=O)c1cccc(C(=O)NCCOc2ccccc2OC)c1. The van der Waals surface area contributed by atoms with Crippen molar-refractivity contribution in [2.24, 2.45) is 0 Å². The van der Waals surface area contributed by atoms with E-state index in [1.54, 1.807) is 62.6 Å². The van der Waals surface area contributed by atoms with E-state index in [1.165, 1.54) is 16.4 Å². The monoisotopic (exact) mass is 454 g/mol. The van der Waals surface area contributed by atoms with Gasteiger partial charge in [0.1, 0.15) is 6.61 Å². The van der Waals surface area contributed by atoms with Gasteiger partial charge in [-0.05, 0) is 49.4 Å². The number of methoxy groups -OCH3 is 1. The number of anilines is 1. The summed E-state index contributed by atoms with van der Waals surface area (Å²) < 4.78 is 38.5. The van der Waals surface area contributed by atoms with Gasteiger partial charge in [-0.1, -0.05) is 36.4 Å². The van der Waals surface area contributed by atoms with Gasteiger partial charge in [-0.25, -0.2) is 8.42 Å². The van der Waals surface area contributed by atoms with E-state index < -0.39 is 10.0 Å². The third kappa shape index (κ3) is 5.39. The first-order valence-electron chi connectivity index (χ1n) is 10.2. The predicted molar refractivity (Wildman–Crippen MR) is 124 cm³/mol. The number of nitrogens with zero attached hydrogens (tertiary/aromatic N) is 1. The molecule has 168 valence electrons. The van der Waals surface area contributed by atoms with E-state index in [-0.39, 0.29) is 36.1 Å². The molecule has 0 saturated carbocycles. The van der Waals surface area contributed by atoms with Crippen LogP contribution in [0.5, 0.6) is 11.5 Å². The van der Waals surface area contributed by atoms with Crippen molar-refractivity contribution in [3.8, 4) is 11.5 Å². The third-order valence-corrected chi connectivity index (χ3v) is 6.63. The van der Waals surface area contributed by atoms with Gasteiger partial charge < -0.3 is 14.8 Å². The Morgan fingerprint density at radius 2 is 1.62 bits per heavy atom. The minimum atomic E-state index is -3.81. The highest BCUT2D eigenvalue weighted by Crippen LogP contribution is 2.26. The Labute approximate surface area is 188 Å². The quantitative estimate of drug-likeness (QED) is 0.472. The van der Waals surface area contributed by atoms with Crippen LogP contribution >= 0.6 is 0 Å². The Hall–Kier alpha value is -3.52. The van der Waals surface area contributed by atoms with Crippen molar-refractivity contribution in [2.45, 2.75) is 11.8 Å². The molecule has 0 aliphatic carbocycles. The molecule has 0 heterocycles. The number of sulfonamides is 1. The molecule has 3 aromatic carbocycles. The Morgan fingerprint density at radius 3 is 2.31 bits per heavy atom. The van der Waals surface area contributed by atoms with Crippen LogP contribution in [0.2, 0.25) is 0 Å². The Kier molecular flexibility index (Phi) is 7.72. The number of para-hydroxylation sites is 3. The van der Waals surface area contributed by atoms with Crippen LogP contribution in [0.4, 0.5) is 5.69 Å². The maximum atomic E-state index is 13.2. The van der Waals surface area contributed by atoms with E-state index in [4.69, 9.17) is 9.47 Å². The molecule has 8 heteroatoms. The molecule has 0 saturated heterocycles. The molecule has 0 aliphatic rings. The molecule has 3 rings (SSSR count). The van der Waals surface area contributed by atoms with Gasteiger partial charge >= 0.3 is 0 Å². The lowest BCUT2D eigenvalue weighted by Crippen LogP contribution is -2.31. The van der Waals surface area contributed by atoms with Gasteiger partial charge in [-0.15, -0.1) is 0 Å². The van der Waals surface area contributed by atoms with Gasteiger partial charge in [0.15, 0.2) is 11.5 Å². The second-order valence-electron chi connectivity index (χ2n) is 6.79. The summed E-state index contributed by atoms with van der Waals surface area (Å²) >= 11 is 0. The number of carbonyl (C=O) groups is 1. The van der Waals surface area contributed by atoms with Gasteiger partial charge in [0, 0.05) is 12.1 Å². The number of carbonyl (C=O) groups excluding carboxylic acids is 1. The van der Waals surface area contributed by atoms with Crippen molar-refractivity contribution in [1.82, 2.24) is 5.32 Å². The first kappa shape index (κ1) is 23.1. The summed E-state index contributed by atoms with van der Waals surface area (Å²) in [6, 6.07) is 22.1. The zero-order valence-corrected chi connectivity index (χ0v) is 18.8. The van der Waals surface area contributed by atoms with Crippen molar-refractivity contribution >= 4 is 21.6 Å². The highest BCUT2D eigenvalue weighted by Gasteiger charge is 2.24. The summed E-state index contributed by atoms with van der Waals surface area (Å²) in [5.74, 6) is 0.807. The average molecular weight is 455 g/mol. The first-order chi connectivity index (χ1) is 15.5. The normalized spacial score (nSPS) is 10.9. The fraction of sp³-hybridized carbons (Fsp3) is 0.208. The van der Waals surface area contributed by atoms with Crippen LogP contribution in [0.25, 0.3) is 0 Å². The number of ether oxygens (including phenoxy) is 2. The Balaban J connectivity index is 1.66. The van der Waals surface area contributed by atoms with Crippen molar-refractivity contribution < 1.29 is 22.7 Å². The Morgan fingerprint density at radius 1 is 0.938 bits per heavy atom. The van der Waals surface area contributed by atoms with Gasteiger partial charge in [-0.3, -0.25) is 9.10 Å². The highest BCUT2D eigenvalue weighted by atomic mass is 32.2. The molecular weight excluding hydrogens is 428 g/mol. The van der Waals surface area contributed by atoms with Crippen LogP contribution in [0.1, 0.15) is 17.3 Å². The average Bonchev–Trinajstić information content (AvgIpc) is 2.83. The van der Waals surface area contributed by atoms with Crippen LogP contribution in [-0.2, 0) is 10.0 Å². The minimum absolute atomic E-state index is 0.0566. The van der Waals surface area contributed by atoms with E-state index in [0.717, 1.165) is 0 Å². The molecule has 0 radical (unpaired) electrons. The smallest absolute Gasteiger partial charge is 0.264 e. The Bertz CT molecular complexity index is 1150. The van der Waals surface area contributed by atoms with E-state index in [0.29, 0.717) is 17.2 Å². The molecule has 3 aromatic rings. The molecule has 0 atom stereocenters. The van der Waals surface area contributed by atoms with Gasteiger partial charge in [0.2, 0.25) is 0 Å². The van der Waals surface area contributed by atoms with Crippen molar-refractivity contribution in [1.29, 1.82) is 0 Å². The fourth-order valence-corrected chi connectivity index (χ4v) is 4.70. The second kappa shape index (κ2) is 10.7. The molecule has 1 N–H and O–H groups in total. The maximum absolute atomic E-state index is 13.2. The van der Waals surface area contributed by atoms with E-state index in [2.05, 4.69) is 5.32 Å². The van der Waals surface area contributed by atoms with Crippen molar-refractivity contribution in [3.63, 3.8) is 0 Å². The summed E-state index contributed by atoms with van der Waals surface area (Å²) in [4.78, 5) is 12.6. The number of nitrogens with one attached hydrogen (secondary N) is 1. The lowest BCUT2D eigenvalue weighted by Gasteiger charge is -2.23. The second-order valence-corrected chi connectivity index (χ2v) is 8.65. The zero-order valence-electron chi connectivity index (χ0n) is 18.0. The zero-order chi connectivity index (χ0) is 23.0. The van der Waals surface area contributed by atoms with Gasteiger partial charge in [0.25, 0.3) is 15.9 Å². The molecule has 7 nitrogen and oxygen atoms in total. The largest absolute Gasteiger partial charge is 0.493 e. The standard InChI is InChI=1S/C24H26N2O5S/c1-3-26(20-11-5-4-6-12-20)32(28,29)21-13-9-10-19(18-21)24(27)25-16-17-31-23-15-8-7-14-22(23)30-2/h4-15,18H,3,16-17H2,1-2H3,(H,25,27). The predicted octanol–water partition coefficient (Wildman–Crippen LogP) is 3.72. The summed E-state index contributed by atoms with van der Waals surface area (Å²) in [6.45, 7) is 2.52. The van der Waals surface area contributed by atoms with Crippen LogP contribution < -0.4 is 19.1 Å². The molecule has 0 fully saturated rings.